The second kappa shape index (κ2) is 7.62. The summed E-state index contributed by atoms with van der Waals surface area (Å²) in [7, 11) is 3.90. The van der Waals surface area contributed by atoms with Crippen LogP contribution in [0.4, 0.5) is 21.8 Å². The van der Waals surface area contributed by atoms with Crippen molar-refractivity contribution in [3.63, 3.8) is 0 Å². The molecule has 27 heavy (non-hydrogen) atoms. The molecule has 1 saturated carbocycles. The fourth-order valence-electron chi connectivity index (χ4n) is 3.73. The Morgan fingerprint density at radius 1 is 1.07 bits per heavy atom. The van der Waals surface area contributed by atoms with Gasteiger partial charge in [0.05, 0.1) is 5.69 Å². The van der Waals surface area contributed by atoms with Gasteiger partial charge in [-0.15, -0.1) is 0 Å². The molecule has 1 aliphatic heterocycles. The molecule has 1 aliphatic carbocycles. The number of nitrogens with zero attached hydrogens (tertiary/aromatic N) is 6. The number of anilines is 3. The van der Waals surface area contributed by atoms with Gasteiger partial charge in [0.1, 0.15) is 24.3 Å². The summed E-state index contributed by atoms with van der Waals surface area (Å²) in [4.78, 5) is 21.0. The summed E-state index contributed by atoms with van der Waals surface area (Å²) < 4.78 is 15.0. The van der Waals surface area contributed by atoms with Gasteiger partial charge in [-0.3, -0.25) is 0 Å². The zero-order valence-corrected chi connectivity index (χ0v) is 15.9. The SMILES string of the molecule is CN(C)c1cc(NC2CCCN(c3ncnc(C4CCC4)c3F)C2)ncn1. The highest BCUT2D eigenvalue weighted by molar-refractivity contribution is 5.49. The Labute approximate surface area is 159 Å². The van der Waals surface area contributed by atoms with Gasteiger partial charge in [-0.25, -0.2) is 24.3 Å². The van der Waals surface area contributed by atoms with Crippen LogP contribution in [-0.4, -0.2) is 53.2 Å². The minimum atomic E-state index is -0.236. The summed E-state index contributed by atoms with van der Waals surface area (Å²) in [5.74, 6) is 2.11. The van der Waals surface area contributed by atoms with Gasteiger partial charge in [-0.1, -0.05) is 6.42 Å². The van der Waals surface area contributed by atoms with Crippen molar-refractivity contribution >= 4 is 17.5 Å². The molecule has 8 heteroatoms. The number of nitrogens with one attached hydrogen (secondary N) is 1. The summed E-state index contributed by atoms with van der Waals surface area (Å²) in [6, 6.07) is 2.11. The molecule has 1 saturated heterocycles. The Morgan fingerprint density at radius 3 is 2.63 bits per heavy atom. The maximum atomic E-state index is 15.0. The van der Waals surface area contributed by atoms with Crippen LogP contribution in [0.15, 0.2) is 18.7 Å². The average molecular weight is 371 g/mol. The molecular weight excluding hydrogens is 345 g/mol. The number of hydrogen-bond donors (Lipinski definition) is 1. The van der Waals surface area contributed by atoms with Gasteiger partial charge < -0.3 is 15.1 Å². The Balaban J connectivity index is 1.48. The maximum absolute atomic E-state index is 15.0. The molecule has 3 heterocycles. The molecule has 2 aromatic heterocycles. The zero-order chi connectivity index (χ0) is 18.8. The van der Waals surface area contributed by atoms with E-state index in [4.69, 9.17) is 0 Å². The van der Waals surface area contributed by atoms with E-state index in [2.05, 4.69) is 25.3 Å². The molecule has 2 aromatic rings. The molecule has 1 unspecified atom stereocenters. The lowest BCUT2D eigenvalue weighted by Gasteiger charge is -2.35. The first-order valence-electron chi connectivity index (χ1n) is 9.63. The number of rotatable bonds is 5. The van der Waals surface area contributed by atoms with Crippen LogP contribution in [0.25, 0.3) is 0 Å². The lowest BCUT2D eigenvalue weighted by atomic mass is 9.82. The Hall–Kier alpha value is -2.51. The van der Waals surface area contributed by atoms with Crippen LogP contribution in [0.1, 0.15) is 43.7 Å². The van der Waals surface area contributed by atoms with Crippen molar-refractivity contribution < 1.29 is 4.39 Å². The second-order valence-corrected chi connectivity index (χ2v) is 7.61. The predicted octanol–water partition coefficient (Wildman–Crippen LogP) is 2.82. The van der Waals surface area contributed by atoms with Gasteiger partial charge >= 0.3 is 0 Å². The molecule has 0 bridgehead atoms. The quantitative estimate of drug-likeness (QED) is 0.866. The van der Waals surface area contributed by atoms with Gasteiger partial charge in [0.25, 0.3) is 0 Å². The van der Waals surface area contributed by atoms with Crippen LogP contribution < -0.4 is 15.1 Å². The van der Waals surface area contributed by atoms with Gasteiger partial charge in [-0.2, -0.15) is 0 Å². The molecule has 0 amide bonds. The highest BCUT2D eigenvalue weighted by Gasteiger charge is 2.29. The van der Waals surface area contributed by atoms with E-state index in [-0.39, 0.29) is 17.8 Å². The third kappa shape index (κ3) is 3.79. The fraction of sp³-hybridized carbons (Fsp3) is 0.579. The molecule has 2 fully saturated rings. The molecule has 7 nitrogen and oxygen atoms in total. The molecule has 144 valence electrons. The fourth-order valence-corrected chi connectivity index (χ4v) is 3.73. The summed E-state index contributed by atoms with van der Waals surface area (Å²) >= 11 is 0. The van der Waals surface area contributed by atoms with E-state index in [1.54, 1.807) is 6.33 Å². The average Bonchev–Trinajstić information content (AvgIpc) is 2.62. The van der Waals surface area contributed by atoms with Crippen molar-refractivity contribution in [2.45, 2.75) is 44.1 Å². The van der Waals surface area contributed by atoms with Crippen molar-refractivity contribution in [3.05, 3.63) is 30.2 Å². The lowest BCUT2D eigenvalue weighted by Crippen LogP contribution is -2.43. The summed E-state index contributed by atoms with van der Waals surface area (Å²) in [6.07, 6.45) is 8.28. The van der Waals surface area contributed by atoms with Crippen LogP contribution in [0.5, 0.6) is 0 Å². The maximum Gasteiger partial charge on any atom is 0.187 e. The van der Waals surface area contributed by atoms with E-state index in [9.17, 15) is 0 Å². The predicted molar refractivity (Wildman–Crippen MR) is 104 cm³/mol. The largest absolute Gasteiger partial charge is 0.365 e. The van der Waals surface area contributed by atoms with Crippen LogP contribution in [-0.2, 0) is 0 Å². The van der Waals surface area contributed by atoms with Crippen molar-refractivity contribution in [2.24, 2.45) is 0 Å². The molecule has 0 aromatic carbocycles. The van der Waals surface area contributed by atoms with Gasteiger partial charge in [-0.05, 0) is 25.7 Å². The van der Waals surface area contributed by atoms with Crippen LogP contribution >= 0.6 is 0 Å². The number of hydrogen-bond acceptors (Lipinski definition) is 7. The zero-order valence-electron chi connectivity index (χ0n) is 15.9. The van der Waals surface area contributed by atoms with Crippen LogP contribution in [0, 0.1) is 5.82 Å². The summed E-state index contributed by atoms with van der Waals surface area (Å²) in [6.45, 7) is 1.50. The highest BCUT2D eigenvalue weighted by atomic mass is 19.1. The smallest absolute Gasteiger partial charge is 0.187 e. The van der Waals surface area contributed by atoms with E-state index in [1.165, 1.54) is 6.33 Å². The van der Waals surface area contributed by atoms with Crippen molar-refractivity contribution in [3.8, 4) is 0 Å². The normalized spacial score (nSPS) is 20.3. The molecule has 0 radical (unpaired) electrons. The number of halogens is 1. The topological polar surface area (TPSA) is 70.1 Å². The summed E-state index contributed by atoms with van der Waals surface area (Å²) in [5, 5.41) is 3.47. The van der Waals surface area contributed by atoms with Crippen LogP contribution in [0.2, 0.25) is 0 Å². The first-order chi connectivity index (χ1) is 13.1. The van der Waals surface area contributed by atoms with Crippen LogP contribution in [0.3, 0.4) is 0 Å². The summed E-state index contributed by atoms with van der Waals surface area (Å²) in [5.41, 5.74) is 0.591. The monoisotopic (exact) mass is 371 g/mol. The molecule has 0 spiro atoms. The van der Waals surface area contributed by atoms with E-state index in [0.717, 1.165) is 50.3 Å². The van der Waals surface area contributed by atoms with Gasteiger partial charge in [0.15, 0.2) is 11.6 Å². The third-order valence-electron chi connectivity index (χ3n) is 5.47. The first-order valence-corrected chi connectivity index (χ1v) is 9.63. The highest BCUT2D eigenvalue weighted by Crippen LogP contribution is 2.38. The van der Waals surface area contributed by atoms with E-state index in [0.29, 0.717) is 18.1 Å². The van der Waals surface area contributed by atoms with Gasteiger partial charge in [0, 0.05) is 45.2 Å². The van der Waals surface area contributed by atoms with E-state index >= 15 is 4.39 Å². The van der Waals surface area contributed by atoms with Crippen molar-refractivity contribution in [2.75, 3.05) is 42.3 Å². The molecule has 4 rings (SSSR count). The Kier molecular flexibility index (Phi) is 5.05. The third-order valence-corrected chi connectivity index (χ3v) is 5.47. The lowest BCUT2D eigenvalue weighted by molar-refractivity contribution is 0.391. The molecule has 1 N–H and O–H groups in total. The van der Waals surface area contributed by atoms with Crippen molar-refractivity contribution in [1.29, 1.82) is 0 Å². The first kappa shape index (κ1) is 17.9. The standard InChI is InChI=1S/C19H26FN7/c1-26(2)16-9-15(21-11-22-16)25-14-7-4-8-27(10-14)19-17(20)18(23-12-24-19)13-5-3-6-13/h9,11-14H,3-8,10H2,1-2H3,(H,21,22,25). The molecule has 1 atom stereocenters. The van der Waals surface area contributed by atoms with Crippen molar-refractivity contribution in [1.82, 2.24) is 19.9 Å². The number of aromatic nitrogens is 4. The number of piperidine rings is 1. The van der Waals surface area contributed by atoms with E-state index < -0.39 is 0 Å². The van der Waals surface area contributed by atoms with Gasteiger partial charge in [0.2, 0.25) is 0 Å². The Morgan fingerprint density at radius 2 is 1.89 bits per heavy atom. The minimum Gasteiger partial charge on any atom is -0.365 e. The molecular formula is C19H26FN7. The molecule has 2 aliphatic rings. The minimum absolute atomic E-state index is 0.185. The second-order valence-electron chi connectivity index (χ2n) is 7.61. The Bertz CT molecular complexity index is 793. The van der Waals surface area contributed by atoms with E-state index in [1.807, 2.05) is 30.0 Å².